The molecule has 1 aromatic rings. The van der Waals surface area contributed by atoms with Crippen LogP contribution in [-0.2, 0) is 19.3 Å². The number of carbonyl (C=O) groups excluding carboxylic acids is 1. The molecule has 0 saturated carbocycles. The van der Waals surface area contributed by atoms with Crippen LogP contribution in [0.3, 0.4) is 0 Å². The lowest BCUT2D eigenvalue weighted by atomic mass is 10.0. The van der Waals surface area contributed by atoms with Gasteiger partial charge in [-0.2, -0.15) is 0 Å². The van der Waals surface area contributed by atoms with Gasteiger partial charge in [0.15, 0.2) is 0 Å². The summed E-state index contributed by atoms with van der Waals surface area (Å²) in [7, 11) is 0. The summed E-state index contributed by atoms with van der Waals surface area (Å²) in [6, 6.07) is -0.0509. The van der Waals surface area contributed by atoms with Gasteiger partial charge >= 0.3 is 6.03 Å². The molecule has 1 atom stereocenters. The molecule has 3 rings (SSSR count). The number of nitrogens with one attached hydrogen (secondary N) is 1. The minimum atomic E-state index is -0.0483. The molecule has 116 valence electrons. The molecule has 1 aliphatic carbocycles. The van der Waals surface area contributed by atoms with Gasteiger partial charge in [-0.1, -0.05) is 0 Å². The Hall–Kier alpha value is -1.14. The lowest BCUT2D eigenvalue weighted by Crippen LogP contribution is -2.44. The van der Waals surface area contributed by atoms with Gasteiger partial charge in [-0.25, -0.2) is 9.78 Å². The zero-order chi connectivity index (χ0) is 14.7. The molecule has 0 bridgehead atoms. The fourth-order valence-corrected chi connectivity index (χ4v) is 4.34. The maximum Gasteiger partial charge on any atom is 0.317 e. The molecule has 2 heterocycles. The number of aliphatic hydroxyl groups is 1. The molecule has 0 radical (unpaired) electrons. The summed E-state index contributed by atoms with van der Waals surface area (Å²) >= 11 is 1.81. The van der Waals surface area contributed by atoms with E-state index in [1.54, 1.807) is 4.90 Å². The van der Waals surface area contributed by atoms with Crippen LogP contribution in [0.4, 0.5) is 4.79 Å². The number of carbonyl (C=O) groups is 1. The van der Waals surface area contributed by atoms with Crippen molar-refractivity contribution in [1.29, 1.82) is 0 Å². The van der Waals surface area contributed by atoms with Gasteiger partial charge in [-0.3, -0.25) is 0 Å². The molecule has 1 aliphatic heterocycles. The Labute approximate surface area is 129 Å². The van der Waals surface area contributed by atoms with Crippen LogP contribution in [0.15, 0.2) is 0 Å². The molecule has 0 spiro atoms. The highest BCUT2D eigenvalue weighted by Crippen LogP contribution is 2.26. The number of urea groups is 1. The first-order valence-corrected chi connectivity index (χ1v) is 8.72. The number of fused-ring (bicyclic) bond motifs is 1. The normalized spacial score (nSPS) is 21.4. The first kappa shape index (κ1) is 14.8. The SMILES string of the molecule is O=C(NCCc1nc2c(s1)CCCC2)N1CCCC1CO. The summed E-state index contributed by atoms with van der Waals surface area (Å²) in [6.45, 7) is 1.44. The highest BCUT2D eigenvalue weighted by atomic mass is 32.1. The van der Waals surface area contributed by atoms with E-state index in [-0.39, 0.29) is 18.7 Å². The number of aliphatic hydroxyl groups excluding tert-OH is 1. The second-order valence-corrected chi connectivity index (χ2v) is 7.01. The molecular formula is C15H23N3O2S. The van der Waals surface area contributed by atoms with Crippen LogP contribution in [0.25, 0.3) is 0 Å². The van der Waals surface area contributed by atoms with Crippen LogP contribution in [0.2, 0.25) is 0 Å². The average molecular weight is 309 g/mol. The summed E-state index contributed by atoms with van der Waals surface area (Å²) in [5.41, 5.74) is 1.28. The topological polar surface area (TPSA) is 65.5 Å². The third-order valence-corrected chi connectivity index (χ3v) is 5.57. The standard InChI is InChI=1S/C15H23N3O2S/c19-10-11-4-3-9-18(11)15(20)16-8-7-14-17-12-5-1-2-6-13(12)21-14/h11,19H,1-10H2,(H,16,20). The highest BCUT2D eigenvalue weighted by molar-refractivity contribution is 7.11. The predicted molar refractivity (Wildman–Crippen MR) is 82.7 cm³/mol. The monoisotopic (exact) mass is 309 g/mol. The average Bonchev–Trinajstić information content (AvgIpc) is 3.12. The van der Waals surface area contributed by atoms with Crippen LogP contribution in [0.1, 0.15) is 41.3 Å². The Kier molecular flexibility index (Phi) is 4.75. The maximum atomic E-state index is 12.1. The van der Waals surface area contributed by atoms with E-state index in [9.17, 15) is 9.90 Å². The Morgan fingerprint density at radius 1 is 1.38 bits per heavy atom. The van der Waals surface area contributed by atoms with E-state index in [2.05, 4.69) is 10.3 Å². The zero-order valence-electron chi connectivity index (χ0n) is 12.3. The van der Waals surface area contributed by atoms with Crippen molar-refractivity contribution in [3.05, 3.63) is 15.6 Å². The second kappa shape index (κ2) is 6.75. The summed E-state index contributed by atoms with van der Waals surface area (Å²) < 4.78 is 0. The maximum absolute atomic E-state index is 12.1. The van der Waals surface area contributed by atoms with Crippen molar-refractivity contribution in [2.24, 2.45) is 0 Å². The van der Waals surface area contributed by atoms with Gasteiger partial charge in [0.25, 0.3) is 0 Å². The fourth-order valence-electron chi connectivity index (χ4n) is 3.18. The number of hydrogen-bond donors (Lipinski definition) is 2. The van der Waals surface area contributed by atoms with Gasteiger partial charge < -0.3 is 15.3 Å². The van der Waals surface area contributed by atoms with Gasteiger partial charge in [0.1, 0.15) is 0 Å². The van der Waals surface area contributed by atoms with Crippen LogP contribution in [-0.4, -0.2) is 46.8 Å². The second-order valence-electron chi connectivity index (χ2n) is 5.84. The number of likely N-dealkylation sites (tertiary alicyclic amines) is 1. The Balaban J connectivity index is 1.47. The van der Waals surface area contributed by atoms with E-state index in [1.165, 1.54) is 29.8 Å². The van der Waals surface area contributed by atoms with Crippen molar-refractivity contribution in [3.63, 3.8) is 0 Å². The van der Waals surface area contributed by atoms with Gasteiger partial charge in [0.05, 0.1) is 23.4 Å². The predicted octanol–water partition coefficient (Wildman–Crippen LogP) is 1.73. The Morgan fingerprint density at radius 2 is 2.24 bits per heavy atom. The van der Waals surface area contributed by atoms with E-state index >= 15 is 0 Å². The van der Waals surface area contributed by atoms with Crippen LogP contribution in [0.5, 0.6) is 0 Å². The summed E-state index contributed by atoms with van der Waals surface area (Å²) in [5.74, 6) is 0. The lowest BCUT2D eigenvalue weighted by molar-refractivity contribution is 0.157. The molecule has 21 heavy (non-hydrogen) atoms. The molecule has 1 aromatic heterocycles. The summed E-state index contributed by atoms with van der Waals surface area (Å²) in [5, 5.41) is 13.4. The van der Waals surface area contributed by atoms with E-state index in [1.807, 2.05) is 11.3 Å². The third-order valence-electron chi connectivity index (χ3n) is 4.35. The molecule has 2 aliphatic rings. The molecule has 2 N–H and O–H groups in total. The van der Waals surface area contributed by atoms with Crippen molar-refractivity contribution < 1.29 is 9.90 Å². The fraction of sp³-hybridized carbons (Fsp3) is 0.733. The van der Waals surface area contributed by atoms with Gasteiger partial charge in [-0.15, -0.1) is 11.3 Å². The molecule has 1 fully saturated rings. The molecule has 1 saturated heterocycles. The number of amides is 2. The number of hydrogen-bond acceptors (Lipinski definition) is 4. The van der Waals surface area contributed by atoms with E-state index in [4.69, 9.17) is 0 Å². The van der Waals surface area contributed by atoms with Crippen molar-refractivity contribution in [3.8, 4) is 0 Å². The largest absolute Gasteiger partial charge is 0.394 e. The van der Waals surface area contributed by atoms with Crippen molar-refractivity contribution in [1.82, 2.24) is 15.2 Å². The number of rotatable bonds is 4. The number of aromatic nitrogens is 1. The highest BCUT2D eigenvalue weighted by Gasteiger charge is 2.27. The number of nitrogens with zero attached hydrogens (tertiary/aromatic N) is 2. The van der Waals surface area contributed by atoms with Crippen LogP contribution in [0, 0.1) is 0 Å². The third kappa shape index (κ3) is 3.37. The first-order valence-electron chi connectivity index (χ1n) is 7.90. The zero-order valence-corrected chi connectivity index (χ0v) is 13.1. The summed E-state index contributed by atoms with van der Waals surface area (Å²) in [6.07, 6.45) is 7.52. The molecule has 6 heteroatoms. The smallest absolute Gasteiger partial charge is 0.317 e. The van der Waals surface area contributed by atoms with Gasteiger partial charge in [-0.05, 0) is 38.5 Å². The van der Waals surface area contributed by atoms with Crippen molar-refractivity contribution in [2.75, 3.05) is 19.7 Å². The van der Waals surface area contributed by atoms with Gasteiger partial charge in [0.2, 0.25) is 0 Å². The van der Waals surface area contributed by atoms with Crippen molar-refractivity contribution >= 4 is 17.4 Å². The molecule has 2 amide bonds. The Bertz CT molecular complexity index is 480. The number of thiazole rings is 1. The van der Waals surface area contributed by atoms with Crippen LogP contribution >= 0.6 is 11.3 Å². The van der Waals surface area contributed by atoms with E-state index in [0.717, 1.165) is 37.2 Å². The molecule has 1 unspecified atom stereocenters. The first-order chi connectivity index (χ1) is 10.3. The quantitative estimate of drug-likeness (QED) is 0.890. The van der Waals surface area contributed by atoms with E-state index in [0.29, 0.717) is 6.54 Å². The Morgan fingerprint density at radius 3 is 3.05 bits per heavy atom. The molecule has 5 nitrogen and oxygen atoms in total. The minimum absolute atomic E-state index is 0.00261. The molecule has 0 aromatic carbocycles. The van der Waals surface area contributed by atoms with E-state index < -0.39 is 0 Å². The molecular weight excluding hydrogens is 286 g/mol. The van der Waals surface area contributed by atoms with Crippen LogP contribution < -0.4 is 5.32 Å². The minimum Gasteiger partial charge on any atom is -0.394 e. The summed E-state index contributed by atoms with van der Waals surface area (Å²) in [4.78, 5) is 20.0. The van der Waals surface area contributed by atoms with Crippen molar-refractivity contribution in [2.45, 2.75) is 51.0 Å². The number of aryl methyl sites for hydroxylation is 2. The van der Waals surface area contributed by atoms with Gasteiger partial charge in [0, 0.05) is 24.4 Å². The lowest BCUT2D eigenvalue weighted by Gasteiger charge is -2.23.